The summed E-state index contributed by atoms with van der Waals surface area (Å²) in [5, 5.41) is 0. The smallest absolute Gasteiger partial charge is 0.151 e. The molecule has 0 radical (unpaired) electrons. The second kappa shape index (κ2) is 2.61. The van der Waals surface area contributed by atoms with E-state index in [0.717, 1.165) is 19.4 Å². The Hall–Kier alpha value is -0.0451. The Morgan fingerprint density at radius 2 is 2.00 bits per heavy atom. The Balaban J connectivity index is 1.90. The Bertz CT molecular complexity index is 304. The van der Waals surface area contributed by atoms with Crippen LogP contribution in [0.2, 0.25) is 0 Å². The third kappa shape index (κ3) is 1.08. The number of hydrogen-bond acceptors (Lipinski definition) is 1. The normalized spacial score (nSPS) is 54.1. The molecule has 0 amide bonds. The minimum Gasteiger partial charge on any atom is -0.297 e. The Labute approximate surface area is 92.8 Å². The quantitative estimate of drug-likeness (QED) is 0.592. The maximum Gasteiger partial charge on any atom is 0.151 e. The summed E-state index contributed by atoms with van der Waals surface area (Å²) in [5.74, 6) is 0.677. The van der Waals surface area contributed by atoms with E-state index >= 15 is 0 Å². The molecule has 2 aliphatic heterocycles. The van der Waals surface area contributed by atoms with E-state index in [-0.39, 0.29) is 5.41 Å². The summed E-state index contributed by atoms with van der Waals surface area (Å²) < 4.78 is 14.1. The van der Waals surface area contributed by atoms with Crippen LogP contribution in [0.5, 0.6) is 0 Å². The highest BCUT2D eigenvalue weighted by atomic mass is 19.1. The van der Waals surface area contributed by atoms with Crippen molar-refractivity contribution in [1.29, 1.82) is 0 Å². The maximum absolute atomic E-state index is 14.1. The monoisotopic (exact) mass is 209 g/mol. The summed E-state index contributed by atoms with van der Waals surface area (Å²) in [6, 6.07) is 0. The summed E-state index contributed by atoms with van der Waals surface area (Å²) in [4.78, 5) is 2.60. The first-order chi connectivity index (χ1) is 6.92. The number of fused-ring (bicyclic) bond motifs is 1. The second-order valence-electron chi connectivity index (χ2n) is 6.61. The first-order valence-corrected chi connectivity index (χ1v) is 6.36. The predicted molar refractivity (Wildman–Crippen MR) is 62.4 cm³/mol. The molecule has 3 unspecified atom stereocenters. The summed E-state index contributed by atoms with van der Waals surface area (Å²) in [6.07, 6.45) is 4.54. The van der Waals surface area contributed by atoms with Crippen LogP contribution in [0.1, 0.15) is 39.5 Å². The molecule has 3 fully saturated rings. The molecule has 1 spiro atoms. The lowest BCUT2D eigenvalue weighted by Crippen LogP contribution is -2.42. The van der Waals surface area contributed by atoms with Crippen LogP contribution in [-0.2, 0) is 0 Å². The fraction of sp³-hybridized carbons (Fsp3) is 1.00. The molecular weight excluding hydrogens is 188 g/mol. The van der Waals surface area contributed by atoms with Gasteiger partial charge in [-0.2, -0.15) is 0 Å². The van der Waals surface area contributed by atoms with E-state index in [4.69, 9.17) is 0 Å². The lowest BCUT2D eigenvalue weighted by atomic mass is 9.77. The number of halogens is 1. The molecule has 1 saturated carbocycles. The SMILES string of the molecule is BC1(F)CC12CN1CCCC1(C(C)C)C2. The van der Waals surface area contributed by atoms with Crippen LogP contribution >= 0.6 is 0 Å². The molecule has 3 aliphatic rings. The van der Waals surface area contributed by atoms with Gasteiger partial charge in [-0.3, -0.25) is 9.29 Å². The van der Waals surface area contributed by atoms with Crippen molar-refractivity contribution in [3.05, 3.63) is 0 Å². The molecule has 3 rings (SSSR count). The molecular formula is C12H21BFN. The van der Waals surface area contributed by atoms with E-state index in [9.17, 15) is 4.39 Å². The highest BCUT2D eigenvalue weighted by molar-refractivity contribution is 6.17. The molecule has 2 saturated heterocycles. The second-order valence-corrected chi connectivity index (χ2v) is 6.61. The van der Waals surface area contributed by atoms with Crippen molar-refractivity contribution in [2.75, 3.05) is 13.1 Å². The van der Waals surface area contributed by atoms with Gasteiger partial charge < -0.3 is 0 Å². The van der Waals surface area contributed by atoms with E-state index in [1.54, 1.807) is 0 Å². The van der Waals surface area contributed by atoms with Crippen molar-refractivity contribution in [2.45, 2.75) is 50.6 Å². The van der Waals surface area contributed by atoms with Crippen LogP contribution in [-0.4, -0.2) is 36.9 Å². The molecule has 0 aromatic carbocycles. The van der Waals surface area contributed by atoms with Gasteiger partial charge in [-0.1, -0.05) is 13.8 Å². The number of rotatable bonds is 1. The van der Waals surface area contributed by atoms with Crippen LogP contribution in [0.15, 0.2) is 0 Å². The van der Waals surface area contributed by atoms with Gasteiger partial charge in [0.2, 0.25) is 0 Å². The molecule has 0 bridgehead atoms. The van der Waals surface area contributed by atoms with Gasteiger partial charge in [0.15, 0.2) is 7.85 Å². The molecule has 0 N–H and O–H groups in total. The Morgan fingerprint density at radius 1 is 1.33 bits per heavy atom. The topological polar surface area (TPSA) is 3.24 Å². The first kappa shape index (κ1) is 10.1. The molecule has 84 valence electrons. The van der Waals surface area contributed by atoms with Gasteiger partial charge in [-0.05, 0) is 38.1 Å². The fourth-order valence-corrected chi connectivity index (χ4v) is 4.32. The minimum absolute atomic E-state index is 0.0394. The van der Waals surface area contributed by atoms with E-state index in [1.165, 1.54) is 19.4 Å². The van der Waals surface area contributed by atoms with Crippen LogP contribution in [0, 0.1) is 11.3 Å². The average Bonchev–Trinajstić information content (AvgIpc) is 2.46. The molecule has 0 aromatic heterocycles. The van der Waals surface area contributed by atoms with Crippen molar-refractivity contribution in [1.82, 2.24) is 4.90 Å². The summed E-state index contributed by atoms with van der Waals surface area (Å²) in [5.41, 5.74) is -0.471. The molecule has 1 aliphatic carbocycles. The van der Waals surface area contributed by atoms with E-state index in [0.29, 0.717) is 11.5 Å². The van der Waals surface area contributed by atoms with Gasteiger partial charge in [0, 0.05) is 17.5 Å². The Morgan fingerprint density at radius 3 is 2.47 bits per heavy atom. The van der Waals surface area contributed by atoms with Crippen molar-refractivity contribution in [3.63, 3.8) is 0 Å². The minimum atomic E-state index is -0.862. The van der Waals surface area contributed by atoms with Gasteiger partial charge in [0.25, 0.3) is 0 Å². The van der Waals surface area contributed by atoms with Gasteiger partial charge >= 0.3 is 0 Å². The largest absolute Gasteiger partial charge is 0.297 e. The van der Waals surface area contributed by atoms with Gasteiger partial charge in [-0.15, -0.1) is 0 Å². The van der Waals surface area contributed by atoms with Gasteiger partial charge in [0.05, 0.1) is 5.57 Å². The standard InChI is InChI=1S/C12H21BFN/c1-9(2)11-4-3-5-15(11)8-10(6-11)7-12(10,13)14/h9H,3-8,13H2,1-2H3. The third-order valence-corrected chi connectivity index (χ3v) is 5.53. The van der Waals surface area contributed by atoms with Crippen LogP contribution < -0.4 is 0 Å². The molecule has 3 atom stereocenters. The molecule has 15 heavy (non-hydrogen) atoms. The summed E-state index contributed by atoms with van der Waals surface area (Å²) in [7, 11) is 1.81. The molecule has 3 heteroatoms. The maximum atomic E-state index is 14.1. The van der Waals surface area contributed by atoms with Crippen molar-refractivity contribution in [3.8, 4) is 0 Å². The van der Waals surface area contributed by atoms with Crippen LogP contribution in [0.3, 0.4) is 0 Å². The van der Waals surface area contributed by atoms with Crippen molar-refractivity contribution >= 4 is 7.85 Å². The first-order valence-electron chi connectivity index (χ1n) is 6.36. The number of alkyl halides is 1. The zero-order chi connectivity index (χ0) is 10.9. The lowest BCUT2D eigenvalue weighted by Gasteiger charge is -2.36. The zero-order valence-electron chi connectivity index (χ0n) is 10.1. The predicted octanol–water partition coefficient (Wildman–Crippen LogP) is 1.57. The average molecular weight is 209 g/mol. The van der Waals surface area contributed by atoms with Crippen molar-refractivity contribution in [2.24, 2.45) is 11.3 Å². The molecule has 0 aromatic rings. The van der Waals surface area contributed by atoms with E-state index in [2.05, 4.69) is 18.7 Å². The lowest BCUT2D eigenvalue weighted by molar-refractivity contribution is 0.136. The fourth-order valence-electron chi connectivity index (χ4n) is 4.32. The van der Waals surface area contributed by atoms with Crippen molar-refractivity contribution < 1.29 is 4.39 Å². The van der Waals surface area contributed by atoms with Gasteiger partial charge in [-0.25, -0.2) is 0 Å². The molecule has 2 heterocycles. The zero-order valence-corrected chi connectivity index (χ0v) is 10.1. The Kier molecular flexibility index (Phi) is 1.76. The van der Waals surface area contributed by atoms with E-state index < -0.39 is 5.57 Å². The third-order valence-electron chi connectivity index (χ3n) is 5.53. The summed E-state index contributed by atoms with van der Waals surface area (Å²) in [6.45, 7) is 6.86. The van der Waals surface area contributed by atoms with E-state index in [1.807, 2.05) is 7.85 Å². The highest BCUT2D eigenvalue weighted by Gasteiger charge is 2.72. The number of hydrogen-bond donors (Lipinski definition) is 0. The van der Waals surface area contributed by atoms with Gasteiger partial charge in [0.1, 0.15) is 0 Å². The molecule has 1 nitrogen and oxygen atoms in total. The van der Waals surface area contributed by atoms with Crippen LogP contribution in [0.25, 0.3) is 0 Å². The highest BCUT2D eigenvalue weighted by Crippen LogP contribution is 2.68. The van der Waals surface area contributed by atoms with Crippen LogP contribution in [0.4, 0.5) is 4.39 Å². The summed E-state index contributed by atoms with van der Waals surface area (Å²) >= 11 is 0. The number of nitrogens with zero attached hydrogens (tertiary/aromatic N) is 1.